The number of nitrogens with zero attached hydrogens (tertiary/aromatic N) is 2. The predicted molar refractivity (Wildman–Crippen MR) is 75.6 cm³/mol. The number of rotatable bonds is 3. The molecule has 9 heteroatoms. The Morgan fingerprint density at radius 2 is 1.76 bits per heavy atom. The van der Waals surface area contributed by atoms with Crippen molar-refractivity contribution < 1.29 is 20.7 Å². The molecule has 1 unspecified atom stereocenters. The summed E-state index contributed by atoms with van der Waals surface area (Å²) in [6.45, 7) is 3.12. The molecule has 0 N–H and O–H groups in total. The first-order valence-corrected chi connectivity index (χ1v) is 9.20. The van der Waals surface area contributed by atoms with Crippen LogP contribution < -0.4 is 0 Å². The van der Waals surface area contributed by atoms with E-state index < -0.39 is 25.1 Å². The Labute approximate surface area is 124 Å². The lowest BCUT2D eigenvalue weighted by Gasteiger charge is -2.36. The molecule has 2 rings (SSSR count). The second kappa shape index (κ2) is 5.64. The van der Waals surface area contributed by atoms with Crippen LogP contribution in [0.15, 0.2) is 34.1 Å². The molecule has 21 heavy (non-hydrogen) atoms. The van der Waals surface area contributed by atoms with Gasteiger partial charge in [0.1, 0.15) is 0 Å². The molecule has 6 nitrogen and oxygen atoms in total. The predicted octanol–water partition coefficient (Wildman–Crippen LogP) is 0.669. The van der Waals surface area contributed by atoms with Crippen LogP contribution in [0.2, 0.25) is 0 Å². The molecule has 1 heterocycles. The maximum absolute atomic E-state index is 13.0. The fraction of sp³-hybridized carbons (Fsp3) is 0.500. The third kappa shape index (κ3) is 3.42. The summed E-state index contributed by atoms with van der Waals surface area (Å²) in [5.41, 5.74) is 0. The van der Waals surface area contributed by atoms with Crippen molar-refractivity contribution in [2.24, 2.45) is 0 Å². The van der Waals surface area contributed by atoms with Crippen molar-refractivity contribution in [1.82, 2.24) is 9.21 Å². The van der Waals surface area contributed by atoms with Crippen LogP contribution >= 0.6 is 0 Å². The smallest absolute Gasteiger partial charge is 0.301 e. The van der Waals surface area contributed by atoms with Gasteiger partial charge in [0.15, 0.2) is 0 Å². The maximum Gasteiger partial charge on any atom is 0.332 e. The Morgan fingerprint density at radius 1 is 1.14 bits per heavy atom. The van der Waals surface area contributed by atoms with Crippen LogP contribution in [0.25, 0.3) is 0 Å². The van der Waals surface area contributed by atoms with Crippen LogP contribution in [0.4, 0.5) is 3.89 Å². The first-order valence-electron chi connectivity index (χ1n) is 6.37. The van der Waals surface area contributed by atoms with Gasteiger partial charge in [-0.25, -0.2) is 8.42 Å². The van der Waals surface area contributed by atoms with Crippen LogP contribution in [0.1, 0.15) is 6.92 Å². The molecule has 0 radical (unpaired) electrons. The van der Waals surface area contributed by atoms with Crippen molar-refractivity contribution in [3.63, 3.8) is 0 Å². The number of hydrogen-bond donors (Lipinski definition) is 0. The Balaban J connectivity index is 2.37. The lowest BCUT2D eigenvalue weighted by molar-refractivity contribution is 0.159. The zero-order chi connectivity index (χ0) is 15.8. The molecule has 1 atom stereocenters. The van der Waals surface area contributed by atoms with Gasteiger partial charge in [-0.1, -0.05) is 6.07 Å². The van der Waals surface area contributed by atoms with Gasteiger partial charge in [0, 0.05) is 25.7 Å². The zero-order valence-electron chi connectivity index (χ0n) is 11.7. The molecule has 1 aliphatic heterocycles. The second-order valence-corrected chi connectivity index (χ2v) is 8.39. The fourth-order valence-corrected chi connectivity index (χ4v) is 4.31. The van der Waals surface area contributed by atoms with E-state index in [4.69, 9.17) is 0 Å². The standard InChI is InChI=1S/C12H17FN2O4S2/c1-10-9-15(7-6-14(10)2)21(18,19)12-5-3-4-11(8-12)20(13,16)17/h3-5,8,10H,6-7,9H2,1-2H3. The Bertz CT molecular complexity index is 733. The van der Waals surface area contributed by atoms with Crippen molar-refractivity contribution in [3.8, 4) is 0 Å². The third-order valence-electron chi connectivity index (χ3n) is 3.65. The maximum atomic E-state index is 13.0. The summed E-state index contributed by atoms with van der Waals surface area (Å²) < 4.78 is 61.1. The van der Waals surface area contributed by atoms with E-state index >= 15 is 0 Å². The molecular weight excluding hydrogens is 319 g/mol. The summed E-state index contributed by atoms with van der Waals surface area (Å²) >= 11 is 0. The Morgan fingerprint density at radius 3 is 2.33 bits per heavy atom. The van der Waals surface area contributed by atoms with Gasteiger partial charge in [-0.05, 0) is 32.2 Å². The highest BCUT2D eigenvalue weighted by atomic mass is 32.3. The minimum absolute atomic E-state index is 0.0571. The van der Waals surface area contributed by atoms with Crippen LogP contribution in [-0.2, 0) is 20.2 Å². The van der Waals surface area contributed by atoms with Gasteiger partial charge in [0.05, 0.1) is 9.79 Å². The van der Waals surface area contributed by atoms with Gasteiger partial charge in [0.2, 0.25) is 10.0 Å². The van der Waals surface area contributed by atoms with Crippen LogP contribution in [0.3, 0.4) is 0 Å². The number of hydrogen-bond acceptors (Lipinski definition) is 5. The Kier molecular flexibility index (Phi) is 4.39. The second-order valence-electron chi connectivity index (χ2n) is 5.11. The van der Waals surface area contributed by atoms with Crippen molar-refractivity contribution >= 4 is 20.2 Å². The summed E-state index contributed by atoms with van der Waals surface area (Å²) in [7, 11) is -6.85. The van der Waals surface area contributed by atoms with E-state index in [1.165, 1.54) is 16.4 Å². The average molecular weight is 336 g/mol. The molecule has 118 valence electrons. The van der Waals surface area contributed by atoms with E-state index in [1.807, 2.05) is 18.9 Å². The summed E-state index contributed by atoms with van der Waals surface area (Å²) in [5, 5.41) is 0. The van der Waals surface area contributed by atoms with E-state index in [9.17, 15) is 20.7 Å². The number of piperazine rings is 1. The van der Waals surface area contributed by atoms with Crippen molar-refractivity contribution in [1.29, 1.82) is 0 Å². The molecule has 0 amide bonds. The topological polar surface area (TPSA) is 74.8 Å². The summed E-state index contributed by atoms with van der Waals surface area (Å²) in [5.74, 6) is 0. The monoisotopic (exact) mass is 336 g/mol. The number of likely N-dealkylation sites (N-methyl/N-ethyl adjacent to an activating group) is 1. The highest BCUT2D eigenvalue weighted by Gasteiger charge is 2.31. The van der Waals surface area contributed by atoms with Gasteiger partial charge in [-0.3, -0.25) is 0 Å². The largest absolute Gasteiger partial charge is 0.332 e. The molecule has 0 saturated carbocycles. The Hall–Kier alpha value is -1.03. The quantitative estimate of drug-likeness (QED) is 0.759. The van der Waals surface area contributed by atoms with Gasteiger partial charge < -0.3 is 4.90 Å². The van der Waals surface area contributed by atoms with Gasteiger partial charge in [0.25, 0.3) is 0 Å². The molecule has 1 fully saturated rings. The molecular formula is C12H17FN2O4S2. The minimum Gasteiger partial charge on any atom is -0.301 e. The zero-order valence-corrected chi connectivity index (χ0v) is 13.4. The minimum atomic E-state index is -4.93. The van der Waals surface area contributed by atoms with Crippen LogP contribution in [0, 0.1) is 0 Å². The van der Waals surface area contributed by atoms with E-state index in [0.717, 1.165) is 12.1 Å². The summed E-state index contributed by atoms with van der Waals surface area (Å²) in [4.78, 5) is 1.18. The SMILES string of the molecule is CC1CN(S(=O)(=O)c2cccc(S(=O)(=O)F)c2)CCN1C. The van der Waals surface area contributed by atoms with Crippen LogP contribution in [-0.4, -0.2) is 58.8 Å². The molecule has 1 aromatic rings. The van der Waals surface area contributed by atoms with Crippen molar-refractivity contribution in [3.05, 3.63) is 24.3 Å². The molecule has 0 spiro atoms. The lowest BCUT2D eigenvalue weighted by atomic mass is 10.2. The average Bonchev–Trinajstić information content (AvgIpc) is 2.41. The summed E-state index contributed by atoms with van der Waals surface area (Å²) in [6, 6.07) is 4.43. The van der Waals surface area contributed by atoms with E-state index in [-0.39, 0.29) is 10.9 Å². The van der Waals surface area contributed by atoms with E-state index in [2.05, 4.69) is 0 Å². The molecule has 0 aliphatic carbocycles. The lowest BCUT2D eigenvalue weighted by Crippen LogP contribution is -2.51. The first kappa shape index (κ1) is 16.3. The molecule has 0 aromatic heterocycles. The van der Waals surface area contributed by atoms with Gasteiger partial charge in [-0.2, -0.15) is 12.7 Å². The number of benzene rings is 1. The fourth-order valence-electron chi connectivity index (χ4n) is 2.17. The number of halogens is 1. The van der Waals surface area contributed by atoms with Crippen molar-refractivity contribution in [2.45, 2.75) is 22.8 Å². The summed E-state index contributed by atoms with van der Waals surface area (Å²) in [6.07, 6.45) is 0. The van der Waals surface area contributed by atoms with Gasteiger partial charge >= 0.3 is 10.2 Å². The van der Waals surface area contributed by atoms with E-state index in [1.54, 1.807) is 0 Å². The molecule has 1 saturated heterocycles. The normalized spacial score (nSPS) is 22.3. The molecule has 0 bridgehead atoms. The highest BCUT2D eigenvalue weighted by Crippen LogP contribution is 2.22. The number of sulfonamides is 1. The highest BCUT2D eigenvalue weighted by molar-refractivity contribution is 7.89. The van der Waals surface area contributed by atoms with Crippen molar-refractivity contribution in [2.75, 3.05) is 26.7 Å². The van der Waals surface area contributed by atoms with Gasteiger partial charge in [-0.15, -0.1) is 3.89 Å². The molecule has 1 aliphatic rings. The van der Waals surface area contributed by atoms with E-state index in [0.29, 0.717) is 19.6 Å². The van der Waals surface area contributed by atoms with Crippen LogP contribution in [0.5, 0.6) is 0 Å². The molecule has 1 aromatic carbocycles. The first-order chi connectivity index (χ1) is 9.62. The third-order valence-corrected chi connectivity index (χ3v) is 6.33.